The molecule has 0 aromatic heterocycles. The normalized spacial score (nSPS) is 23.5. The topological polar surface area (TPSA) is 88.1 Å². The third kappa shape index (κ3) is 3.60. The van der Waals surface area contributed by atoms with Crippen LogP contribution < -0.4 is 15.1 Å². The largest absolute Gasteiger partial charge is 0.495 e. The second kappa shape index (κ2) is 9.82. The molecule has 4 aliphatic rings. The molecule has 1 saturated heterocycles. The minimum absolute atomic E-state index is 0.186. The van der Waals surface area contributed by atoms with Crippen LogP contribution in [0.2, 0.25) is 10.0 Å². The van der Waals surface area contributed by atoms with E-state index in [1.165, 1.54) is 24.1 Å². The summed E-state index contributed by atoms with van der Waals surface area (Å²) in [5.74, 6) is -2.55. The zero-order valence-electron chi connectivity index (χ0n) is 22.3. The number of methoxy groups -OCH3 is 1. The van der Waals surface area contributed by atoms with Gasteiger partial charge in [-0.2, -0.15) is 5.10 Å². The van der Waals surface area contributed by atoms with Crippen LogP contribution in [0.4, 0.5) is 5.69 Å². The Morgan fingerprint density at radius 3 is 2.21 bits per heavy atom. The van der Waals surface area contributed by atoms with Crippen molar-refractivity contribution in [2.24, 2.45) is 16.9 Å². The van der Waals surface area contributed by atoms with Gasteiger partial charge in [-0.25, -0.2) is 10.3 Å². The molecule has 7 nitrogen and oxygen atoms in total. The van der Waals surface area contributed by atoms with Crippen molar-refractivity contribution in [3.8, 4) is 5.75 Å². The summed E-state index contributed by atoms with van der Waals surface area (Å²) in [5.41, 5.74) is 5.72. The molecule has 4 aromatic rings. The fourth-order valence-electron chi connectivity index (χ4n) is 7.03. The summed E-state index contributed by atoms with van der Waals surface area (Å²) in [4.78, 5) is 43.1. The van der Waals surface area contributed by atoms with Gasteiger partial charge in [0.05, 0.1) is 40.6 Å². The molecule has 2 bridgehead atoms. The number of anilines is 1. The zero-order valence-corrected chi connectivity index (χ0v) is 23.8. The highest BCUT2D eigenvalue weighted by Gasteiger charge is 2.68. The molecule has 0 radical (unpaired) electrons. The third-order valence-electron chi connectivity index (χ3n) is 8.62. The first-order chi connectivity index (χ1) is 20.4. The maximum absolute atomic E-state index is 14.5. The first-order valence-corrected chi connectivity index (χ1v) is 14.1. The van der Waals surface area contributed by atoms with Crippen molar-refractivity contribution in [2.75, 3.05) is 12.0 Å². The number of ether oxygens (including phenoxy) is 1. The van der Waals surface area contributed by atoms with Gasteiger partial charge in [-0.15, -0.1) is 0 Å². The van der Waals surface area contributed by atoms with E-state index < -0.39 is 23.2 Å². The lowest BCUT2D eigenvalue weighted by molar-refractivity contribution is -0.122. The molecule has 1 fully saturated rings. The van der Waals surface area contributed by atoms with E-state index in [0.717, 1.165) is 22.3 Å². The molecule has 42 heavy (non-hydrogen) atoms. The second-order valence-electron chi connectivity index (χ2n) is 10.5. The van der Waals surface area contributed by atoms with Crippen molar-refractivity contribution in [3.05, 3.63) is 129 Å². The summed E-state index contributed by atoms with van der Waals surface area (Å²) in [5, 5.41) is 5.02. The van der Waals surface area contributed by atoms with E-state index in [-0.39, 0.29) is 28.3 Å². The molecule has 0 spiro atoms. The van der Waals surface area contributed by atoms with Crippen LogP contribution in [0.25, 0.3) is 0 Å². The van der Waals surface area contributed by atoms with Crippen molar-refractivity contribution in [2.45, 2.75) is 11.3 Å². The number of para-hydroxylation sites is 2. The van der Waals surface area contributed by atoms with E-state index in [9.17, 15) is 14.4 Å². The van der Waals surface area contributed by atoms with Gasteiger partial charge < -0.3 is 4.74 Å². The quantitative estimate of drug-likeness (QED) is 0.175. The van der Waals surface area contributed by atoms with Gasteiger partial charge in [0.25, 0.3) is 5.91 Å². The Balaban J connectivity index is 1.40. The standard InChI is InChI=1S/C33H23Cl2N3O4/c1-42-26-13-7-6-12-25(26)38-31(40)28-27-19-8-2-4-10-22(19)33(29(28)32(38)41,23-11-5-3-9-20(23)27)17-36-37-30(39)21-15-14-18(34)16-24(21)35/h2-17,27-29H,1H3,(H,37,39)/b36-17-/t27?,28-,29+,33?/m0/s1. The monoisotopic (exact) mass is 595 g/mol. The minimum atomic E-state index is -1.13. The first kappa shape index (κ1) is 26.4. The number of rotatable bonds is 5. The predicted molar refractivity (Wildman–Crippen MR) is 160 cm³/mol. The van der Waals surface area contributed by atoms with E-state index in [1.807, 2.05) is 48.5 Å². The number of carbonyl (C=O) groups excluding carboxylic acids is 3. The summed E-state index contributed by atoms with van der Waals surface area (Å²) in [7, 11) is 1.51. The van der Waals surface area contributed by atoms with Crippen LogP contribution in [0, 0.1) is 11.8 Å². The number of hydrogen-bond donors (Lipinski definition) is 1. The predicted octanol–water partition coefficient (Wildman–Crippen LogP) is 5.97. The number of hydrogen-bond acceptors (Lipinski definition) is 5. The Hall–Kier alpha value is -4.46. The van der Waals surface area contributed by atoms with Crippen LogP contribution in [0.3, 0.4) is 0 Å². The molecular formula is C33H23Cl2N3O4. The first-order valence-electron chi connectivity index (χ1n) is 13.4. The van der Waals surface area contributed by atoms with Crippen molar-refractivity contribution in [1.29, 1.82) is 0 Å². The number of hydrazone groups is 1. The second-order valence-corrected chi connectivity index (χ2v) is 11.4. The summed E-state index contributed by atoms with van der Waals surface area (Å²) in [6.07, 6.45) is 1.61. The van der Waals surface area contributed by atoms with Crippen molar-refractivity contribution >= 4 is 52.8 Å². The van der Waals surface area contributed by atoms with E-state index >= 15 is 0 Å². The fraction of sp³-hybridized carbons (Fsp3) is 0.152. The summed E-state index contributed by atoms with van der Waals surface area (Å²) in [6.45, 7) is 0. The molecule has 1 heterocycles. The number of halogens is 2. The van der Waals surface area contributed by atoms with Crippen LogP contribution in [-0.2, 0) is 15.0 Å². The lowest BCUT2D eigenvalue weighted by Gasteiger charge is -2.52. The molecule has 0 unspecified atom stereocenters. The highest BCUT2D eigenvalue weighted by molar-refractivity contribution is 6.36. The van der Waals surface area contributed by atoms with Crippen molar-refractivity contribution < 1.29 is 19.1 Å². The summed E-state index contributed by atoms with van der Waals surface area (Å²) < 4.78 is 5.54. The Morgan fingerprint density at radius 2 is 1.55 bits per heavy atom. The van der Waals surface area contributed by atoms with Gasteiger partial charge in [0, 0.05) is 17.2 Å². The van der Waals surface area contributed by atoms with Crippen LogP contribution >= 0.6 is 23.2 Å². The highest BCUT2D eigenvalue weighted by atomic mass is 35.5. The van der Waals surface area contributed by atoms with Gasteiger partial charge in [0.15, 0.2) is 0 Å². The molecule has 0 saturated carbocycles. The van der Waals surface area contributed by atoms with E-state index in [4.69, 9.17) is 27.9 Å². The summed E-state index contributed by atoms with van der Waals surface area (Å²) >= 11 is 12.3. The zero-order chi connectivity index (χ0) is 29.2. The lowest BCUT2D eigenvalue weighted by Crippen LogP contribution is -2.54. The SMILES string of the molecule is COc1ccccc1N1C(=O)[C@H]2C3c4ccccc4C(/C=N\NC(=O)c4ccc(Cl)cc4Cl)(c4ccccc43)[C@H]2C1=O. The number of nitrogens with one attached hydrogen (secondary N) is 1. The Labute approximate surface area is 251 Å². The Morgan fingerprint density at radius 1 is 0.905 bits per heavy atom. The average Bonchev–Trinajstić information content (AvgIpc) is 3.27. The lowest BCUT2D eigenvalue weighted by atomic mass is 9.47. The number of imide groups is 1. The molecule has 2 atom stereocenters. The van der Waals surface area contributed by atoms with Gasteiger partial charge in [-0.1, -0.05) is 83.9 Å². The maximum atomic E-state index is 14.5. The van der Waals surface area contributed by atoms with E-state index in [2.05, 4.69) is 10.5 Å². The molecular weight excluding hydrogens is 573 g/mol. The van der Waals surface area contributed by atoms with Crippen LogP contribution in [0.1, 0.15) is 38.5 Å². The molecule has 4 aromatic carbocycles. The number of carbonyl (C=O) groups is 3. The number of benzene rings is 4. The van der Waals surface area contributed by atoms with E-state index in [0.29, 0.717) is 16.5 Å². The maximum Gasteiger partial charge on any atom is 0.272 e. The van der Waals surface area contributed by atoms with Gasteiger partial charge in [0.1, 0.15) is 5.75 Å². The van der Waals surface area contributed by atoms with Gasteiger partial charge in [-0.3, -0.25) is 14.4 Å². The summed E-state index contributed by atoms with van der Waals surface area (Å²) in [6, 6.07) is 27.2. The molecule has 3 aliphatic carbocycles. The Kier molecular flexibility index (Phi) is 6.18. The number of nitrogens with zero attached hydrogens (tertiary/aromatic N) is 2. The van der Waals surface area contributed by atoms with Crippen LogP contribution in [0.15, 0.2) is 96.1 Å². The van der Waals surface area contributed by atoms with Crippen molar-refractivity contribution in [3.63, 3.8) is 0 Å². The van der Waals surface area contributed by atoms with Crippen molar-refractivity contribution in [1.82, 2.24) is 5.43 Å². The van der Waals surface area contributed by atoms with E-state index in [1.54, 1.807) is 36.5 Å². The van der Waals surface area contributed by atoms with Gasteiger partial charge in [0.2, 0.25) is 11.8 Å². The van der Waals surface area contributed by atoms with Crippen LogP contribution in [0.5, 0.6) is 5.75 Å². The highest BCUT2D eigenvalue weighted by Crippen LogP contribution is 2.63. The molecule has 3 amide bonds. The molecule has 208 valence electrons. The van der Waals surface area contributed by atoms with Crippen LogP contribution in [-0.4, -0.2) is 31.0 Å². The molecule has 1 aliphatic heterocycles. The Bertz CT molecular complexity index is 1790. The molecule has 1 N–H and O–H groups in total. The third-order valence-corrected chi connectivity index (χ3v) is 9.17. The fourth-order valence-corrected chi connectivity index (χ4v) is 7.52. The molecule has 8 rings (SSSR count). The smallest absolute Gasteiger partial charge is 0.272 e. The minimum Gasteiger partial charge on any atom is -0.495 e. The van der Waals surface area contributed by atoms with Gasteiger partial charge >= 0.3 is 0 Å². The average molecular weight is 596 g/mol. The molecule has 9 heteroatoms. The van der Waals surface area contributed by atoms with Gasteiger partial charge in [-0.05, 0) is 52.6 Å². The number of amides is 3.